The van der Waals surface area contributed by atoms with Crippen molar-refractivity contribution in [3.8, 4) is 0 Å². The van der Waals surface area contributed by atoms with Gasteiger partial charge in [0.15, 0.2) is 0 Å². The Morgan fingerprint density at radius 2 is 2.17 bits per heavy atom. The third-order valence-corrected chi connectivity index (χ3v) is 4.40. The molecule has 1 heterocycles. The minimum absolute atomic E-state index is 0.490. The third kappa shape index (κ3) is 3.26. The predicted molar refractivity (Wildman–Crippen MR) is 78.5 cm³/mol. The van der Waals surface area contributed by atoms with E-state index in [1.54, 1.807) is 0 Å². The normalized spacial score (nSPS) is 23.6. The Bertz CT molecular complexity index is 375. The molecule has 0 saturated carbocycles. The van der Waals surface area contributed by atoms with Crippen LogP contribution in [0.4, 0.5) is 5.69 Å². The van der Waals surface area contributed by atoms with E-state index < -0.39 is 0 Å². The second-order valence-electron chi connectivity index (χ2n) is 5.59. The zero-order valence-corrected chi connectivity index (χ0v) is 11.7. The van der Waals surface area contributed by atoms with Crippen molar-refractivity contribution in [3.05, 3.63) is 29.8 Å². The topological polar surface area (TPSA) is 29.3 Å². The Hall–Kier alpha value is -1.02. The minimum atomic E-state index is 0.490. The van der Waals surface area contributed by atoms with E-state index in [0.717, 1.165) is 11.6 Å². The van der Waals surface area contributed by atoms with Crippen molar-refractivity contribution in [1.82, 2.24) is 4.90 Å². The molecule has 0 amide bonds. The van der Waals surface area contributed by atoms with Crippen molar-refractivity contribution >= 4 is 5.69 Å². The van der Waals surface area contributed by atoms with E-state index in [0.29, 0.717) is 6.04 Å². The molecule has 0 aromatic heterocycles. The lowest BCUT2D eigenvalue weighted by Crippen LogP contribution is -2.28. The summed E-state index contributed by atoms with van der Waals surface area (Å²) in [6.07, 6.45) is 5.42. The van der Waals surface area contributed by atoms with Crippen LogP contribution in [-0.4, -0.2) is 18.0 Å². The summed E-state index contributed by atoms with van der Waals surface area (Å²) in [6, 6.07) is 8.83. The van der Waals surface area contributed by atoms with Gasteiger partial charge in [0.1, 0.15) is 0 Å². The maximum absolute atomic E-state index is 5.88. The lowest BCUT2D eigenvalue weighted by molar-refractivity contribution is 0.216. The van der Waals surface area contributed by atoms with Crippen molar-refractivity contribution in [2.75, 3.05) is 18.8 Å². The van der Waals surface area contributed by atoms with E-state index in [1.807, 2.05) is 6.07 Å². The largest absolute Gasteiger partial charge is 0.399 e. The van der Waals surface area contributed by atoms with E-state index in [2.05, 4.69) is 36.9 Å². The number of rotatable bonds is 3. The first-order valence-electron chi connectivity index (χ1n) is 7.30. The smallest absolute Gasteiger partial charge is 0.0320 e. The second kappa shape index (κ2) is 6.24. The van der Waals surface area contributed by atoms with Crippen LogP contribution >= 0.6 is 0 Å². The summed E-state index contributed by atoms with van der Waals surface area (Å²) in [7, 11) is 0. The van der Waals surface area contributed by atoms with Gasteiger partial charge in [-0.15, -0.1) is 0 Å². The quantitative estimate of drug-likeness (QED) is 0.821. The first kappa shape index (κ1) is 13.4. The molecular weight excluding hydrogens is 220 g/mol. The van der Waals surface area contributed by atoms with Gasteiger partial charge in [-0.3, -0.25) is 4.90 Å². The molecule has 1 aromatic carbocycles. The van der Waals surface area contributed by atoms with Gasteiger partial charge in [0, 0.05) is 11.7 Å². The number of anilines is 1. The molecule has 2 heteroatoms. The third-order valence-electron chi connectivity index (χ3n) is 4.40. The highest BCUT2D eigenvalue weighted by atomic mass is 15.1. The molecule has 1 aliphatic heterocycles. The number of likely N-dealkylation sites (tertiary alicyclic amines) is 1. The average molecular weight is 246 g/mol. The van der Waals surface area contributed by atoms with Crippen molar-refractivity contribution in [2.24, 2.45) is 5.92 Å². The Kier molecular flexibility index (Phi) is 4.65. The molecule has 2 N–H and O–H groups in total. The summed E-state index contributed by atoms with van der Waals surface area (Å²) >= 11 is 0. The van der Waals surface area contributed by atoms with E-state index >= 15 is 0 Å². The maximum Gasteiger partial charge on any atom is 0.0320 e. The molecule has 0 aliphatic carbocycles. The number of nitrogens with zero attached hydrogens (tertiary/aromatic N) is 1. The first-order chi connectivity index (χ1) is 8.70. The molecule has 1 aliphatic rings. The van der Waals surface area contributed by atoms with Crippen LogP contribution in [0, 0.1) is 5.92 Å². The molecule has 18 heavy (non-hydrogen) atoms. The van der Waals surface area contributed by atoms with E-state index in [4.69, 9.17) is 5.73 Å². The van der Waals surface area contributed by atoms with Gasteiger partial charge in [-0.25, -0.2) is 0 Å². The van der Waals surface area contributed by atoms with Crippen molar-refractivity contribution in [2.45, 2.75) is 45.6 Å². The van der Waals surface area contributed by atoms with Gasteiger partial charge in [-0.05, 0) is 62.9 Å². The molecule has 1 fully saturated rings. The summed E-state index contributed by atoms with van der Waals surface area (Å²) in [4.78, 5) is 2.62. The molecule has 0 bridgehead atoms. The zero-order valence-electron chi connectivity index (χ0n) is 11.7. The summed E-state index contributed by atoms with van der Waals surface area (Å²) in [5.41, 5.74) is 8.11. The zero-order chi connectivity index (χ0) is 13.0. The van der Waals surface area contributed by atoms with Crippen LogP contribution in [0.2, 0.25) is 0 Å². The van der Waals surface area contributed by atoms with Crippen LogP contribution in [0.1, 0.15) is 51.1 Å². The molecule has 0 radical (unpaired) electrons. The fourth-order valence-electron chi connectivity index (χ4n) is 3.01. The highest BCUT2D eigenvalue weighted by molar-refractivity contribution is 5.41. The number of benzene rings is 1. The highest BCUT2D eigenvalue weighted by Gasteiger charge is 2.20. The first-order valence-corrected chi connectivity index (χ1v) is 7.30. The fraction of sp³-hybridized carbons (Fsp3) is 0.625. The Balaban J connectivity index is 2.02. The molecular formula is C16H26N2. The molecule has 2 atom stereocenters. The molecule has 2 rings (SSSR count). The standard InChI is InChI=1S/C16H26N2/c1-3-14-6-5-10-18(11-9-14)13(2)15-7-4-8-16(17)12-15/h4,7-8,12-14H,3,5-6,9-11,17H2,1-2H3. The molecule has 100 valence electrons. The lowest BCUT2D eigenvalue weighted by atomic mass is 9.98. The minimum Gasteiger partial charge on any atom is -0.399 e. The summed E-state index contributed by atoms with van der Waals surface area (Å²) < 4.78 is 0. The van der Waals surface area contributed by atoms with Gasteiger partial charge < -0.3 is 5.73 Å². The van der Waals surface area contributed by atoms with Crippen LogP contribution < -0.4 is 5.73 Å². The summed E-state index contributed by atoms with van der Waals surface area (Å²) in [5.74, 6) is 0.933. The predicted octanol–water partition coefficient (Wildman–Crippen LogP) is 3.84. The van der Waals surface area contributed by atoms with Crippen LogP contribution in [-0.2, 0) is 0 Å². The van der Waals surface area contributed by atoms with E-state index in [1.165, 1.54) is 44.3 Å². The van der Waals surface area contributed by atoms with E-state index in [-0.39, 0.29) is 0 Å². The monoisotopic (exact) mass is 246 g/mol. The lowest BCUT2D eigenvalue weighted by Gasteiger charge is -2.28. The summed E-state index contributed by atoms with van der Waals surface area (Å²) in [5, 5.41) is 0. The van der Waals surface area contributed by atoms with Crippen molar-refractivity contribution in [3.63, 3.8) is 0 Å². The fourth-order valence-corrected chi connectivity index (χ4v) is 3.01. The van der Waals surface area contributed by atoms with Gasteiger partial charge >= 0.3 is 0 Å². The molecule has 2 nitrogen and oxygen atoms in total. The molecule has 0 spiro atoms. The van der Waals surface area contributed by atoms with Gasteiger partial charge in [-0.1, -0.05) is 25.5 Å². The van der Waals surface area contributed by atoms with Gasteiger partial charge in [0.2, 0.25) is 0 Å². The van der Waals surface area contributed by atoms with Crippen molar-refractivity contribution in [1.29, 1.82) is 0 Å². The Morgan fingerprint density at radius 1 is 1.33 bits per heavy atom. The molecule has 2 unspecified atom stereocenters. The number of hydrogen-bond donors (Lipinski definition) is 1. The maximum atomic E-state index is 5.88. The van der Waals surface area contributed by atoms with Crippen LogP contribution in [0.15, 0.2) is 24.3 Å². The SMILES string of the molecule is CCC1CCCN(C(C)c2cccc(N)c2)CC1. The molecule has 1 saturated heterocycles. The highest BCUT2D eigenvalue weighted by Crippen LogP contribution is 2.27. The van der Waals surface area contributed by atoms with Crippen molar-refractivity contribution < 1.29 is 0 Å². The van der Waals surface area contributed by atoms with Crippen LogP contribution in [0.25, 0.3) is 0 Å². The van der Waals surface area contributed by atoms with Gasteiger partial charge in [-0.2, -0.15) is 0 Å². The van der Waals surface area contributed by atoms with Crippen LogP contribution in [0.5, 0.6) is 0 Å². The van der Waals surface area contributed by atoms with Gasteiger partial charge in [0.25, 0.3) is 0 Å². The van der Waals surface area contributed by atoms with Crippen LogP contribution in [0.3, 0.4) is 0 Å². The summed E-state index contributed by atoms with van der Waals surface area (Å²) in [6.45, 7) is 7.09. The second-order valence-corrected chi connectivity index (χ2v) is 5.59. The average Bonchev–Trinajstić information content (AvgIpc) is 2.63. The Morgan fingerprint density at radius 3 is 2.89 bits per heavy atom. The number of hydrogen-bond acceptors (Lipinski definition) is 2. The number of nitrogens with two attached hydrogens (primary N) is 1. The van der Waals surface area contributed by atoms with Gasteiger partial charge in [0.05, 0.1) is 0 Å². The molecule has 1 aromatic rings. The number of nitrogen functional groups attached to an aromatic ring is 1. The van der Waals surface area contributed by atoms with E-state index in [9.17, 15) is 0 Å². The Labute approximate surface area is 111 Å².